The smallest absolute Gasteiger partial charge is 0.315 e. The third-order valence-corrected chi connectivity index (χ3v) is 2.92. The van der Waals surface area contributed by atoms with Crippen LogP contribution >= 0.6 is 11.3 Å². The number of anilines is 1. The van der Waals surface area contributed by atoms with Gasteiger partial charge in [0.1, 0.15) is 5.76 Å². The highest BCUT2D eigenvalue weighted by Crippen LogP contribution is 2.13. The van der Waals surface area contributed by atoms with E-state index in [0.29, 0.717) is 10.9 Å². The molecule has 0 aromatic carbocycles. The van der Waals surface area contributed by atoms with Crippen molar-refractivity contribution in [2.24, 2.45) is 0 Å². The maximum Gasteiger partial charge on any atom is 0.315 e. The molecule has 0 fully saturated rings. The molecule has 0 bridgehead atoms. The van der Waals surface area contributed by atoms with Crippen molar-refractivity contribution in [2.75, 3.05) is 5.32 Å². The number of aromatic nitrogens is 1. The maximum absolute atomic E-state index is 11.5. The van der Waals surface area contributed by atoms with Crippen molar-refractivity contribution in [1.82, 2.24) is 10.3 Å². The molecule has 0 unspecified atom stereocenters. The first-order valence-corrected chi connectivity index (χ1v) is 6.07. The van der Waals surface area contributed by atoms with E-state index < -0.39 is 11.8 Å². The number of hydrogen-bond donors (Lipinski definition) is 2. The zero-order valence-electron chi connectivity index (χ0n) is 9.60. The van der Waals surface area contributed by atoms with Gasteiger partial charge in [-0.05, 0) is 19.1 Å². The van der Waals surface area contributed by atoms with Crippen molar-refractivity contribution in [3.05, 3.63) is 35.2 Å². The molecular weight excluding hydrogens is 254 g/mol. The Morgan fingerprint density at radius 2 is 2.28 bits per heavy atom. The predicted molar refractivity (Wildman–Crippen MR) is 66.0 cm³/mol. The Kier molecular flexibility index (Phi) is 3.73. The lowest BCUT2D eigenvalue weighted by molar-refractivity contribution is -0.136. The van der Waals surface area contributed by atoms with Crippen molar-refractivity contribution in [2.45, 2.75) is 13.5 Å². The number of carbonyl (C=O) groups is 2. The van der Waals surface area contributed by atoms with Crippen LogP contribution in [0.5, 0.6) is 0 Å². The summed E-state index contributed by atoms with van der Waals surface area (Å²) in [6.45, 7) is 1.99. The second-order valence-electron chi connectivity index (χ2n) is 3.51. The fourth-order valence-electron chi connectivity index (χ4n) is 1.23. The van der Waals surface area contributed by atoms with Crippen molar-refractivity contribution in [3.63, 3.8) is 0 Å². The van der Waals surface area contributed by atoms with E-state index >= 15 is 0 Å². The van der Waals surface area contributed by atoms with Crippen molar-refractivity contribution >= 4 is 28.3 Å². The van der Waals surface area contributed by atoms with Gasteiger partial charge in [-0.2, -0.15) is 0 Å². The van der Waals surface area contributed by atoms with E-state index in [1.807, 2.05) is 6.92 Å². The number of aryl methyl sites for hydroxylation is 1. The second-order valence-corrected chi connectivity index (χ2v) is 4.37. The van der Waals surface area contributed by atoms with Gasteiger partial charge >= 0.3 is 11.8 Å². The third-order valence-electron chi connectivity index (χ3n) is 2.05. The van der Waals surface area contributed by atoms with Gasteiger partial charge in [0.2, 0.25) is 0 Å². The highest BCUT2D eigenvalue weighted by molar-refractivity contribution is 7.14. The van der Waals surface area contributed by atoms with Crippen molar-refractivity contribution in [3.8, 4) is 0 Å². The molecule has 2 amide bonds. The molecule has 0 saturated heterocycles. The normalized spacial score (nSPS) is 10.1. The van der Waals surface area contributed by atoms with Crippen LogP contribution in [0.25, 0.3) is 0 Å². The Morgan fingerprint density at radius 3 is 2.89 bits per heavy atom. The molecule has 0 aliphatic carbocycles. The molecule has 0 aliphatic rings. The first-order chi connectivity index (χ1) is 8.65. The summed E-state index contributed by atoms with van der Waals surface area (Å²) >= 11 is 1.27. The first kappa shape index (κ1) is 12.3. The van der Waals surface area contributed by atoms with Crippen LogP contribution in [-0.4, -0.2) is 16.8 Å². The Bertz CT molecular complexity index is 548. The fraction of sp³-hybridized carbons (Fsp3) is 0.182. The number of nitrogens with one attached hydrogen (secondary N) is 2. The molecule has 2 aromatic rings. The molecule has 6 nitrogen and oxygen atoms in total. The summed E-state index contributed by atoms with van der Waals surface area (Å²) in [5.41, 5.74) is 0.797. The lowest BCUT2D eigenvalue weighted by Crippen LogP contribution is -2.34. The molecule has 0 radical (unpaired) electrons. The van der Waals surface area contributed by atoms with Crippen LogP contribution in [0.1, 0.15) is 11.5 Å². The monoisotopic (exact) mass is 265 g/mol. The van der Waals surface area contributed by atoms with E-state index in [1.54, 1.807) is 17.5 Å². The number of furan rings is 1. The second kappa shape index (κ2) is 5.46. The highest BCUT2D eigenvalue weighted by Gasteiger charge is 2.15. The van der Waals surface area contributed by atoms with Gasteiger partial charge in [-0.3, -0.25) is 14.9 Å². The van der Waals surface area contributed by atoms with E-state index in [9.17, 15) is 9.59 Å². The summed E-state index contributed by atoms with van der Waals surface area (Å²) in [6, 6.07) is 3.42. The van der Waals surface area contributed by atoms with Crippen LogP contribution in [0, 0.1) is 6.92 Å². The van der Waals surface area contributed by atoms with Crippen molar-refractivity contribution in [1.29, 1.82) is 0 Å². The molecule has 7 heteroatoms. The summed E-state index contributed by atoms with van der Waals surface area (Å²) in [5, 5.41) is 7.06. The van der Waals surface area contributed by atoms with Gasteiger partial charge in [0.25, 0.3) is 0 Å². The van der Waals surface area contributed by atoms with Gasteiger partial charge in [0.15, 0.2) is 5.13 Å². The Labute approximate surface area is 107 Å². The molecule has 18 heavy (non-hydrogen) atoms. The topological polar surface area (TPSA) is 84.2 Å². The highest BCUT2D eigenvalue weighted by atomic mass is 32.1. The zero-order valence-corrected chi connectivity index (χ0v) is 10.4. The molecule has 2 N–H and O–H groups in total. The van der Waals surface area contributed by atoms with Gasteiger partial charge in [0.05, 0.1) is 18.5 Å². The standard InChI is InChI=1S/C11H11N3O3S/c1-7-6-18-11(13-7)14-10(16)9(15)12-5-8-3-2-4-17-8/h2-4,6H,5H2,1H3,(H,12,15)(H,13,14,16). The van der Waals surface area contributed by atoms with E-state index in [0.717, 1.165) is 5.69 Å². The zero-order chi connectivity index (χ0) is 13.0. The van der Waals surface area contributed by atoms with Crippen LogP contribution in [0.2, 0.25) is 0 Å². The van der Waals surface area contributed by atoms with Crippen LogP contribution in [0.4, 0.5) is 5.13 Å². The van der Waals surface area contributed by atoms with Gasteiger partial charge in [0, 0.05) is 5.38 Å². The van der Waals surface area contributed by atoms with Crippen molar-refractivity contribution < 1.29 is 14.0 Å². The Hall–Kier alpha value is -2.15. The minimum Gasteiger partial charge on any atom is -0.467 e. The number of amides is 2. The average Bonchev–Trinajstić information content (AvgIpc) is 2.97. The summed E-state index contributed by atoms with van der Waals surface area (Å²) in [7, 11) is 0. The minimum absolute atomic E-state index is 0.177. The van der Waals surface area contributed by atoms with Gasteiger partial charge in [-0.1, -0.05) is 0 Å². The fourth-order valence-corrected chi connectivity index (χ4v) is 1.91. The van der Waals surface area contributed by atoms with Crippen LogP contribution in [0.15, 0.2) is 28.2 Å². The maximum atomic E-state index is 11.5. The number of rotatable bonds is 3. The summed E-state index contributed by atoms with van der Waals surface area (Å²) in [5.74, 6) is -0.878. The average molecular weight is 265 g/mol. The molecule has 0 saturated carbocycles. The summed E-state index contributed by atoms with van der Waals surface area (Å²) < 4.78 is 5.03. The molecule has 2 heterocycles. The van der Waals surface area contributed by atoms with Crippen LogP contribution in [-0.2, 0) is 16.1 Å². The third kappa shape index (κ3) is 3.17. The van der Waals surface area contributed by atoms with Crippen LogP contribution in [0.3, 0.4) is 0 Å². The molecule has 2 aromatic heterocycles. The number of carbonyl (C=O) groups excluding carboxylic acids is 2. The Morgan fingerprint density at radius 1 is 1.44 bits per heavy atom. The van der Waals surface area contributed by atoms with E-state index in [2.05, 4.69) is 15.6 Å². The van der Waals surface area contributed by atoms with E-state index in [4.69, 9.17) is 4.42 Å². The van der Waals surface area contributed by atoms with Gasteiger partial charge in [-0.25, -0.2) is 4.98 Å². The lowest BCUT2D eigenvalue weighted by atomic mass is 10.4. The molecule has 0 atom stereocenters. The quantitative estimate of drug-likeness (QED) is 0.819. The molecular formula is C11H11N3O3S. The number of nitrogens with zero attached hydrogens (tertiary/aromatic N) is 1. The number of thiazole rings is 1. The Balaban J connectivity index is 1.83. The molecule has 0 aliphatic heterocycles. The van der Waals surface area contributed by atoms with Gasteiger partial charge < -0.3 is 9.73 Å². The minimum atomic E-state index is -0.740. The molecule has 0 spiro atoms. The summed E-state index contributed by atoms with van der Waals surface area (Å²) in [4.78, 5) is 27.0. The first-order valence-electron chi connectivity index (χ1n) is 5.19. The van der Waals surface area contributed by atoms with E-state index in [1.165, 1.54) is 17.6 Å². The number of hydrogen-bond acceptors (Lipinski definition) is 5. The largest absolute Gasteiger partial charge is 0.467 e. The van der Waals surface area contributed by atoms with Crippen LogP contribution < -0.4 is 10.6 Å². The predicted octanol–water partition coefficient (Wildman–Crippen LogP) is 1.30. The lowest BCUT2D eigenvalue weighted by Gasteiger charge is -2.02. The molecule has 94 valence electrons. The SMILES string of the molecule is Cc1csc(NC(=O)C(=O)NCc2ccco2)n1. The van der Waals surface area contributed by atoms with E-state index in [-0.39, 0.29) is 6.54 Å². The van der Waals surface area contributed by atoms with Gasteiger partial charge in [-0.15, -0.1) is 11.3 Å². The molecule has 2 rings (SSSR count). The summed E-state index contributed by atoms with van der Waals surface area (Å²) in [6.07, 6.45) is 1.50.